The fourth-order valence-corrected chi connectivity index (χ4v) is 5.05. The molecule has 0 aliphatic heterocycles. The molecule has 124 valence electrons. The Morgan fingerprint density at radius 3 is 2.41 bits per heavy atom. The van der Waals surface area contributed by atoms with Gasteiger partial charge < -0.3 is 14.4 Å². The second-order valence-corrected chi connectivity index (χ2v) is 8.65. The lowest BCUT2D eigenvalue weighted by atomic mass is 9.89. The fraction of sp³-hybridized carbons (Fsp3) is 0.600. The van der Waals surface area contributed by atoms with E-state index in [0.29, 0.717) is 15.7 Å². The molecule has 1 unspecified atom stereocenters. The minimum absolute atomic E-state index is 0.217. The lowest BCUT2D eigenvalue weighted by Crippen LogP contribution is -2.32. The summed E-state index contributed by atoms with van der Waals surface area (Å²) in [5, 5.41) is 4.15. The smallest absolute Gasteiger partial charge is 0.352 e. The van der Waals surface area contributed by atoms with Crippen molar-refractivity contribution in [3.05, 3.63) is 28.2 Å². The Balaban J connectivity index is 2.31. The van der Waals surface area contributed by atoms with Gasteiger partial charge in [0, 0.05) is 14.2 Å². The molecule has 0 spiro atoms. The van der Waals surface area contributed by atoms with Crippen molar-refractivity contribution in [2.24, 2.45) is 5.92 Å². The van der Waals surface area contributed by atoms with Crippen LogP contribution in [-0.4, -0.2) is 20.0 Å². The normalized spacial score (nSPS) is 18.2. The molecule has 1 aromatic rings. The van der Waals surface area contributed by atoms with E-state index in [0.717, 1.165) is 25.7 Å². The number of halogens is 2. The van der Waals surface area contributed by atoms with Crippen molar-refractivity contribution >= 4 is 36.5 Å². The second kappa shape index (κ2) is 8.03. The molecule has 0 amide bonds. The third kappa shape index (κ3) is 3.98. The van der Waals surface area contributed by atoms with Crippen LogP contribution in [0.4, 0.5) is 5.69 Å². The van der Waals surface area contributed by atoms with Gasteiger partial charge in [0.25, 0.3) is 0 Å². The quantitative estimate of drug-likeness (QED) is 0.647. The molecule has 0 heterocycles. The molecule has 0 aromatic heterocycles. The molecule has 1 aromatic carbocycles. The van der Waals surface area contributed by atoms with Crippen molar-refractivity contribution in [1.29, 1.82) is 0 Å². The van der Waals surface area contributed by atoms with E-state index in [1.807, 2.05) is 6.07 Å². The summed E-state index contributed by atoms with van der Waals surface area (Å²) in [5.41, 5.74) is 0.652. The monoisotopic (exact) mass is 365 g/mol. The number of rotatable bonds is 6. The molecule has 1 aliphatic carbocycles. The predicted octanol–water partition coefficient (Wildman–Crippen LogP) is 5.80. The Labute approximate surface area is 142 Å². The first-order valence-electron chi connectivity index (χ1n) is 7.43. The second-order valence-electron chi connectivity index (χ2n) is 5.49. The van der Waals surface area contributed by atoms with E-state index in [2.05, 4.69) is 5.32 Å². The highest BCUT2D eigenvalue weighted by Gasteiger charge is 2.40. The molecule has 4 nitrogen and oxygen atoms in total. The first kappa shape index (κ1) is 18.1. The molecule has 0 radical (unpaired) electrons. The number of hydrogen-bond acceptors (Lipinski definition) is 4. The molecule has 1 N–H and O–H groups in total. The number of nitrogens with one attached hydrogen (secondary N) is 1. The third-order valence-electron chi connectivity index (χ3n) is 4.20. The predicted molar refractivity (Wildman–Crippen MR) is 92.1 cm³/mol. The van der Waals surface area contributed by atoms with Gasteiger partial charge in [-0.2, -0.15) is 0 Å². The van der Waals surface area contributed by atoms with Gasteiger partial charge >= 0.3 is 7.60 Å². The lowest BCUT2D eigenvalue weighted by Gasteiger charge is -2.34. The highest BCUT2D eigenvalue weighted by Crippen LogP contribution is 2.56. The van der Waals surface area contributed by atoms with Crippen LogP contribution < -0.4 is 5.32 Å². The van der Waals surface area contributed by atoms with Crippen LogP contribution in [0.25, 0.3) is 0 Å². The van der Waals surface area contributed by atoms with E-state index in [1.165, 1.54) is 20.6 Å². The van der Waals surface area contributed by atoms with Crippen molar-refractivity contribution < 1.29 is 13.6 Å². The number of benzene rings is 1. The minimum Gasteiger partial charge on any atom is -0.370 e. The molecular formula is C15H22Cl2NO3P. The number of anilines is 1. The molecule has 1 saturated carbocycles. The molecule has 0 saturated heterocycles. The van der Waals surface area contributed by atoms with Gasteiger partial charge in [-0.05, 0) is 30.9 Å². The van der Waals surface area contributed by atoms with Gasteiger partial charge in [0.15, 0.2) is 0 Å². The van der Waals surface area contributed by atoms with Crippen LogP contribution in [0.1, 0.15) is 32.1 Å². The van der Waals surface area contributed by atoms with E-state index < -0.39 is 13.4 Å². The maximum atomic E-state index is 13.0. The average Bonchev–Trinajstić information content (AvgIpc) is 2.56. The van der Waals surface area contributed by atoms with Crippen LogP contribution in [0.15, 0.2) is 18.2 Å². The van der Waals surface area contributed by atoms with E-state index in [1.54, 1.807) is 12.1 Å². The molecular weight excluding hydrogens is 344 g/mol. The standard InChI is InChI=1S/C15H22Cl2NO3P/c1-20-22(19,21-2)15(11-7-4-3-5-8-11)18-13-10-6-9-12(16)14(13)17/h6,9-11,15,18H,3-5,7-8H2,1-2H3. The first-order chi connectivity index (χ1) is 10.5. The van der Waals surface area contributed by atoms with Crippen LogP contribution in [0, 0.1) is 5.92 Å². The molecule has 22 heavy (non-hydrogen) atoms. The minimum atomic E-state index is -3.27. The molecule has 1 aliphatic rings. The van der Waals surface area contributed by atoms with Crippen molar-refractivity contribution in [2.45, 2.75) is 37.9 Å². The number of hydrogen-bond donors (Lipinski definition) is 1. The zero-order chi connectivity index (χ0) is 16.2. The fourth-order valence-electron chi connectivity index (χ4n) is 2.98. The summed E-state index contributed by atoms with van der Waals surface area (Å²) >= 11 is 12.3. The molecule has 1 fully saturated rings. The maximum Gasteiger partial charge on any atom is 0.352 e. The van der Waals surface area contributed by atoms with Gasteiger partial charge in [0.05, 0.1) is 15.7 Å². The van der Waals surface area contributed by atoms with Crippen LogP contribution in [0.5, 0.6) is 0 Å². The molecule has 0 bridgehead atoms. The highest BCUT2D eigenvalue weighted by atomic mass is 35.5. The van der Waals surface area contributed by atoms with Crippen molar-refractivity contribution in [3.63, 3.8) is 0 Å². The zero-order valence-corrected chi connectivity index (χ0v) is 15.3. The van der Waals surface area contributed by atoms with Crippen LogP contribution in [-0.2, 0) is 13.6 Å². The summed E-state index contributed by atoms with van der Waals surface area (Å²) in [5.74, 6) is -0.215. The third-order valence-corrected chi connectivity index (χ3v) is 7.27. The summed E-state index contributed by atoms with van der Waals surface area (Å²) in [4.78, 5) is 0. The van der Waals surface area contributed by atoms with E-state index in [9.17, 15) is 4.57 Å². The van der Waals surface area contributed by atoms with Gasteiger partial charge in [-0.3, -0.25) is 4.57 Å². The zero-order valence-electron chi connectivity index (χ0n) is 12.9. The van der Waals surface area contributed by atoms with Gasteiger partial charge in [-0.25, -0.2) is 0 Å². The van der Waals surface area contributed by atoms with Gasteiger partial charge in [0.2, 0.25) is 0 Å². The maximum absolute atomic E-state index is 13.0. The summed E-state index contributed by atoms with van der Waals surface area (Å²) < 4.78 is 23.4. The van der Waals surface area contributed by atoms with Crippen molar-refractivity contribution in [1.82, 2.24) is 0 Å². The molecule has 2 rings (SSSR count). The SMILES string of the molecule is COP(=O)(OC)C(Nc1cccc(Cl)c1Cl)C1CCCCC1. The van der Waals surface area contributed by atoms with Crippen LogP contribution in [0.2, 0.25) is 10.0 Å². The van der Waals surface area contributed by atoms with Gasteiger partial charge in [-0.1, -0.05) is 48.5 Å². The summed E-state index contributed by atoms with van der Waals surface area (Å²) in [6.45, 7) is 0. The molecule has 7 heteroatoms. The van der Waals surface area contributed by atoms with E-state index in [4.69, 9.17) is 32.2 Å². The average molecular weight is 366 g/mol. The summed E-state index contributed by atoms with van der Waals surface area (Å²) in [6, 6.07) is 5.34. The highest BCUT2D eigenvalue weighted by molar-refractivity contribution is 7.54. The lowest BCUT2D eigenvalue weighted by molar-refractivity contribution is 0.244. The van der Waals surface area contributed by atoms with Crippen molar-refractivity contribution in [3.8, 4) is 0 Å². The summed E-state index contributed by atoms with van der Waals surface area (Å²) in [7, 11) is -0.437. The van der Waals surface area contributed by atoms with Gasteiger partial charge in [0.1, 0.15) is 5.78 Å². The summed E-state index contributed by atoms with van der Waals surface area (Å²) in [6.07, 6.45) is 5.45. The van der Waals surface area contributed by atoms with Crippen LogP contribution >= 0.6 is 30.8 Å². The Kier molecular flexibility index (Phi) is 6.60. The Hall–Kier alpha value is -0.250. The Morgan fingerprint density at radius 2 is 1.82 bits per heavy atom. The van der Waals surface area contributed by atoms with Crippen LogP contribution in [0.3, 0.4) is 0 Å². The van der Waals surface area contributed by atoms with E-state index in [-0.39, 0.29) is 5.92 Å². The van der Waals surface area contributed by atoms with E-state index >= 15 is 0 Å². The van der Waals surface area contributed by atoms with Crippen molar-refractivity contribution in [2.75, 3.05) is 19.5 Å². The Morgan fingerprint density at radius 1 is 1.18 bits per heavy atom. The Bertz CT molecular complexity index is 542. The van der Waals surface area contributed by atoms with Gasteiger partial charge in [-0.15, -0.1) is 0 Å². The molecule has 1 atom stereocenters. The first-order valence-corrected chi connectivity index (χ1v) is 9.80. The topological polar surface area (TPSA) is 47.6 Å². The largest absolute Gasteiger partial charge is 0.370 e.